The maximum Gasteiger partial charge on any atom is 0.300 e. The molecule has 0 unspecified atom stereocenters. The van der Waals surface area contributed by atoms with Crippen LogP contribution in [0.2, 0.25) is 0 Å². The lowest BCUT2D eigenvalue weighted by Gasteiger charge is -2.23. The van der Waals surface area contributed by atoms with E-state index in [4.69, 9.17) is 4.42 Å². The highest BCUT2D eigenvalue weighted by atomic mass is 16.4. The van der Waals surface area contributed by atoms with Crippen LogP contribution in [0, 0.1) is 20.8 Å². The summed E-state index contributed by atoms with van der Waals surface area (Å²) in [5, 5.41) is 3.39. The number of rotatable bonds is 7. The fourth-order valence-corrected chi connectivity index (χ4v) is 3.61. The molecule has 4 heteroatoms. The minimum absolute atomic E-state index is 0.551. The van der Waals surface area contributed by atoms with E-state index in [1.165, 1.54) is 16.7 Å². The smallest absolute Gasteiger partial charge is 0.300 e. The summed E-state index contributed by atoms with van der Waals surface area (Å²) in [7, 11) is 0. The Morgan fingerprint density at radius 3 is 2.27 bits per heavy atom. The van der Waals surface area contributed by atoms with E-state index < -0.39 is 0 Å². The topological polar surface area (TPSA) is 41.3 Å². The molecule has 0 saturated heterocycles. The molecule has 0 atom stereocenters. The van der Waals surface area contributed by atoms with Crippen LogP contribution < -0.4 is 10.2 Å². The normalized spacial score (nSPS) is 11.1. The van der Waals surface area contributed by atoms with Gasteiger partial charge in [0.25, 0.3) is 6.01 Å². The first-order valence-electron chi connectivity index (χ1n) is 9.52. The van der Waals surface area contributed by atoms with Gasteiger partial charge in [0, 0.05) is 18.8 Å². The van der Waals surface area contributed by atoms with E-state index in [0.29, 0.717) is 6.01 Å². The molecule has 1 heterocycles. The van der Waals surface area contributed by atoms with Crippen LogP contribution in [0.5, 0.6) is 0 Å². The number of fused-ring (bicyclic) bond motifs is 1. The Morgan fingerprint density at radius 2 is 1.65 bits per heavy atom. The third-order valence-electron chi connectivity index (χ3n) is 4.63. The number of nitrogens with one attached hydrogen (secondary N) is 1. The van der Waals surface area contributed by atoms with Crippen molar-refractivity contribution in [1.82, 2.24) is 4.98 Å². The summed E-state index contributed by atoms with van der Waals surface area (Å²) in [6.07, 6.45) is 2.22. The van der Waals surface area contributed by atoms with E-state index in [1.54, 1.807) is 0 Å². The average Bonchev–Trinajstić information content (AvgIpc) is 3.00. The summed E-state index contributed by atoms with van der Waals surface area (Å²) in [5.41, 5.74) is 7.61. The molecule has 0 aliphatic heterocycles. The van der Waals surface area contributed by atoms with Crippen LogP contribution >= 0.6 is 0 Å². The fraction of sp³-hybridized carbons (Fsp3) is 0.409. The van der Waals surface area contributed by atoms with E-state index in [2.05, 4.69) is 74.1 Å². The number of benzene rings is 2. The van der Waals surface area contributed by atoms with Crippen molar-refractivity contribution < 1.29 is 4.42 Å². The Labute approximate surface area is 156 Å². The van der Waals surface area contributed by atoms with Gasteiger partial charge in [-0.2, -0.15) is 4.98 Å². The summed E-state index contributed by atoms with van der Waals surface area (Å²) >= 11 is 0. The first kappa shape index (κ1) is 18.3. The van der Waals surface area contributed by atoms with Crippen LogP contribution in [0.25, 0.3) is 11.1 Å². The van der Waals surface area contributed by atoms with Gasteiger partial charge in [-0.1, -0.05) is 37.6 Å². The third-order valence-corrected chi connectivity index (χ3v) is 4.63. The van der Waals surface area contributed by atoms with Gasteiger partial charge in [-0.05, 0) is 56.9 Å². The molecule has 26 heavy (non-hydrogen) atoms. The zero-order chi connectivity index (χ0) is 18.7. The Bertz CT molecular complexity index is 869. The maximum absolute atomic E-state index is 6.15. The van der Waals surface area contributed by atoms with Gasteiger partial charge in [0.1, 0.15) is 5.52 Å². The number of hydrogen-bond donors (Lipinski definition) is 1. The molecule has 4 nitrogen and oxygen atoms in total. The third kappa shape index (κ3) is 3.69. The summed E-state index contributed by atoms with van der Waals surface area (Å²) in [4.78, 5) is 7.06. The standard InChI is InChI=1S/C22H29N3O/c1-6-11-25(12-7-2)19-10-8-9-18-21(19)26-22(23-18)24-20-16(4)13-15(3)14-17(20)5/h8-10,13-14H,6-7,11-12H2,1-5H3,(H,23,24). The van der Waals surface area contributed by atoms with E-state index in [-0.39, 0.29) is 0 Å². The molecule has 2 aromatic carbocycles. The number of aromatic nitrogens is 1. The molecule has 1 aromatic heterocycles. The van der Waals surface area contributed by atoms with Crippen LogP contribution in [0.15, 0.2) is 34.7 Å². The monoisotopic (exact) mass is 351 g/mol. The molecule has 1 N–H and O–H groups in total. The first-order valence-corrected chi connectivity index (χ1v) is 9.52. The van der Waals surface area contributed by atoms with Gasteiger partial charge >= 0.3 is 0 Å². The van der Waals surface area contributed by atoms with Crippen molar-refractivity contribution in [2.24, 2.45) is 0 Å². The van der Waals surface area contributed by atoms with Crippen molar-refractivity contribution >= 4 is 28.5 Å². The van der Waals surface area contributed by atoms with E-state index in [9.17, 15) is 0 Å². The van der Waals surface area contributed by atoms with Gasteiger partial charge in [0.15, 0.2) is 5.58 Å². The van der Waals surface area contributed by atoms with Gasteiger partial charge in [0.2, 0.25) is 0 Å². The summed E-state index contributed by atoms with van der Waals surface area (Å²) in [6, 6.07) is 11.1. The van der Waals surface area contributed by atoms with Crippen molar-refractivity contribution in [1.29, 1.82) is 0 Å². The SMILES string of the molecule is CCCN(CCC)c1cccc2nc(Nc3c(C)cc(C)cc3C)oc12. The lowest BCUT2D eigenvalue weighted by atomic mass is 10.1. The Balaban J connectivity index is 1.98. The minimum atomic E-state index is 0.551. The van der Waals surface area contributed by atoms with E-state index in [1.807, 2.05) is 6.07 Å². The highest BCUT2D eigenvalue weighted by Gasteiger charge is 2.15. The Hall–Kier alpha value is -2.49. The number of oxazole rings is 1. The molecular weight excluding hydrogens is 322 g/mol. The number of hydrogen-bond acceptors (Lipinski definition) is 4. The second kappa shape index (κ2) is 7.81. The predicted octanol–water partition coefficient (Wildman–Crippen LogP) is 6.12. The molecule has 0 bridgehead atoms. The Morgan fingerprint density at radius 1 is 1.00 bits per heavy atom. The number of aryl methyl sites for hydroxylation is 3. The zero-order valence-electron chi connectivity index (χ0n) is 16.5. The zero-order valence-corrected chi connectivity index (χ0v) is 16.5. The van der Waals surface area contributed by atoms with Crippen molar-refractivity contribution in [2.75, 3.05) is 23.3 Å². The van der Waals surface area contributed by atoms with Crippen LogP contribution in [-0.2, 0) is 0 Å². The second-order valence-corrected chi connectivity index (χ2v) is 7.03. The van der Waals surface area contributed by atoms with Crippen molar-refractivity contribution in [2.45, 2.75) is 47.5 Å². The predicted molar refractivity (Wildman–Crippen MR) is 111 cm³/mol. The largest absolute Gasteiger partial charge is 0.421 e. The number of para-hydroxylation sites is 1. The van der Waals surface area contributed by atoms with Gasteiger partial charge < -0.3 is 14.6 Å². The van der Waals surface area contributed by atoms with E-state index in [0.717, 1.165) is 48.4 Å². The number of nitrogens with zero attached hydrogens (tertiary/aromatic N) is 2. The lowest BCUT2D eigenvalue weighted by molar-refractivity contribution is 0.618. The molecule has 0 spiro atoms. The van der Waals surface area contributed by atoms with Crippen LogP contribution in [0.4, 0.5) is 17.4 Å². The summed E-state index contributed by atoms with van der Waals surface area (Å²) in [6.45, 7) is 12.8. The Kier molecular flexibility index (Phi) is 5.50. The average molecular weight is 351 g/mol. The molecule has 138 valence electrons. The van der Waals surface area contributed by atoms with Crippen LogP contribution in [0.3, 0.4) is 0 Å². The lowest BCUT2D eigenvalue weighted by Crippen LogP contribution is -2.24. The van der Waals surface area contributed by atoms with Gasteiger partial charge in [-0.25, -0.2) is 0 Å². The van der Waals surface area contributed by atoms with Gasteiger partial charge in [-0.3, -0.25) is 0 Å². The van der Waals surface area contributed by atoms with Gasteiger partial charge in [0.05, 0.1) is 5.69 Å². The van der Waals surface area contributed by atoms with Crippen LogP contribution in [-0.4, -0.2) is 18.1 Å². The molecule has 0 radical (unpaired) electrons. The molecule has 0 aliphatic rings. The van der Waals surface area contributed by atoms with Crippen molar-refractivity contribution in [3.8, 4) is 0 Å². The molecule has 0 aliphatic carbocycles. The first-order chi connectivity index (χ1) is 12.5. The quantitative estimate of drug-likeness (QED) is 0.556. The molecule has 3 aromatic rings. The second-order valence-electron chi connectivity index (χ2n) is 7.03. The number of anilines is 3. The molecule has 0 fully saturated rings. The van der Waals surface area contributed by atoms with E-state index >= 15 is 0 Å². The minimum Gasteiger partial charge on any atom is -0.421 e. The van der Waals surface area contributed by atoms with Crippen molar-refractivity contribution in [3.05, 3.63) is 47.0 Å². The van der Waals surface area contributed by atoms with Gasteiger partial charge in [-0.15, -0.1) is 0 Å². The fourth-order valence-electron chi connectivity index (χ4n) is 3.61. The molecule has 0 saturated carbocycles. The maximum atomic E-state index is 6.15. The molecule has 3 rings (SSSR count). The summed E-state index contributed by atoms with van der Waals surface area (Å²) < 4.78 is 6.15. The van der Waals surface area contributed by atoms with Crippen LogP contribution in [0.1, 0.15) is 43.4 Å². The van der Waals surface area contributed by atoms with Crippen molar-refractivity contribution in [3.63, 3.8) is 0 Å². The highest BCUT2D eigenvalue weighted by Crippen LogP contribution is 2.32. The summed E-state index contributed by atoms with van der Waals surface area (Å²) in [5.74, 6) is 0. The molecular formula is C22H29N3O. The molecule has 0 amide bonds. The highest BCUT2D eigenvalue weighted by molar-refractivity contribution is 5.88.